The highest BCUT2D eigenvalue weighted by molar-refractivity contribution is 9.10. The Kier molecular flexibility index (Phi) is 9.42. The maximum absolute atomic E-state index is 13.4. The number of benzene rings is 1. The number of hydrogen-bond donors (Lipinski definition) is 1. The molecule has 1 aromatic heterocycles. The number of carbonyl (C=O) groups is 2. The fourth-order valence-corrected chi connectivity index (χ4v) is 6.61. The number of methoxy groups -OCH3 is 1. The summed E-state index contributed by atoms with van der Waals surface area (Å²) in [6.07, 6.45) is 11.6. The number of esters is 1. The van der Waals surface area contributed by atoms with Gasteiger partial charge in [0.15, 0.2) is 18.1 Å². The minimum Gasteiger partial charge on any atom is -0.493 e. The zero-order valence-electron chi connectivity index (χ0n) is 20.9. The lowest BCUT2D eigenvalue weighted by Crippen LogP contribution is -2.36. The highest BCUT2D eigenvalue weighted by Crippen LogP contribution is 2.41. The number of nitrogens with zero attached hydrogens (tertiary/aromatic N) is 1. The van der Waals surface area contributed by atoms with Crippen LogP contribution in [0.3, 0.4) is 0 Å². The molecule has 1 N–H and O–H groups in total. The minimum atomic E-state index is -0.446. The largest absolute Gasteiger partial charge is 0.493 e. The molecule has 194 valence electrons. The number of amides is 1. The summed E-state index contributed by atoms with van der Waals surface area (Å²) in [5.41, 5.74) is 2.71. The highest BCUT2D eigenvalue weighted by atomic mass is 79.9. The van der Waals surface area contributed by atoms with Gasteiger partial charge in [-0.3, -0.25) is 4.79 Å². The molecule has 1 saturated carbocycles. The summed E-state index contributed by atoms with van der Waals surface area (Å²) in [6.45, 7) is 1.83. The molecule has 0 saturated heterocycles. The molecule has 1 fully saturated rings. The van der Waals surface area contributed by atoms with E-state index >= 15 is 0 Å². The quantitative estimate of drug-likeness (QED) is 0.285. The lowest BCUT2D eigenvalue weighted by molar-refractivity contribution is -0.145. The van der Waals surface area contributed by atoms with E-state index in [-0.39, 0.29) is 18.6 Å². The van der Waals surface area contributed by atoms with Crippen LogP contribution in [0.15, 0.2) is 21.6 Å². The second kappa shape index (κ2) is 12.7. The standard InChI is InChI=1S/C27H33BrN2O5S/c1-3-34-23(31)16-35-25-20(28)13-17(14-21(25)33-2)15-29-27-24(19-11-7-8-12-22(19)36-27)26(32)30-18-9-5-4-6-10-18/h13-15,18H,3-12,16H2,1-2H3,(H,30,32). The molecule has 1 amide bonds. The Hall–Kier alpha value is -2.39. The Morgan fingerprint density at radius 2 is 1.94 bits per heavy atom. The number of halogens is 1. The Morgan fingerprint density at radius 1 is 1.17 bits per heavy atom. The van der Waals surface area contributed by atoms with Crippen LogP contribution in [0.5, 0.6) is 11.5 Å². The number of nitrogens with one attached hydrogen (secondary N) is 1. The number of carbonyl (C=O) groups excluding carboxylic acids is 2. The van der Waals surface area contributed by atoms with Gasteiger partial charge in [-0.1, -0.05) is 19.3 Å². The summed E-state index contributed by atoms with van der Waals surface area (Å²) in [5, 5.41) is 4.05. The van der Waals surface area contributed by atoms with Gasteiger partial charge in [0, 0.05) is 17.1 Å². The van der Waals surface area contributed by atoms with Crippen molar-refractivity contribution in [3.63, 3.8) is 0 Å². The van der Waals surface area contributed by atoms with Crippen molar-refractivity contribution >= 4 is 50.4 Å². The van der Waals surface area contributed by atoms with Crippen molar-refractivity contribution < 1.29 is 23.8 Å². The van der Waals surface area contributed by atoms with E-state index in [4.69, 9.17) is 19.2 Å². The topological polar surface area (TPSA) is 86.2 Å². The van der Waals surface area contributed by atoms with Crippen molar-refractivity contribution in [2.75, 3.05) is 20.3 Å². The first-order valence-electron chi connectivity index (χ1n) is 12.7. The molecule has 2 aliphatic carbocycles. The third-order valence-corrected chi connectivity index (χ3v) is 8.33. The lowest BCUT2D eigenvalue weighted by atomic mass is 9.93. The van der Waals surface area contributed by atoms with Crippen LogP contribution in [-0.4, -0.2) is 44.5 Å². The third-order valence-electron chi connectivity index (χ3n) is 6.54. The van der Waals surface area contributed by atoms with Gasteiger partial charge in [-0.05, 0) is 84.6 Å². The molecule has 0 aliphatic heterocycles. The maximum atomic E-state index is 13.4. The fourth-order valence-electron chi connectivity index (χ4n) is 4.80. The zero-order chi connectivity index (χ0) is 25.5. The van der Waals surface area contributed by atoms with Crippen LogP contribution in [-0.2, 0) is 22.4 Å². The number of thiophene rings is 1. The van der Waals surface area contributed by atoms with Crippen molar-refractivity contribution in [1.29, 1.82) is 0 Å². The van der Waals surface area contributed by atoms with Crippen LogP contribution in [0.2, 0.25) is 0 Å². The number of hydrogen-bond acceptors (Lipinski definition) is 7. The molecular weight excluding hydrogens is 544 g/mol. The van der Waals surface area contributed by atoms with Gasteiger partial charge in [-0.2, -0.15) is 0 Å². The molecular formula is C27H33BrN2O5S. The summed E-state index contributed by atoms with van der Waals surface area (Å²) in [4.78, 5) is 31.1. The summed E-state index contributed by atoms with van der Waals surface area (Å²) in [5.74, 6) is 0.449. The van der Waals surface area contributed by atoms with E-state index in [0.717, 1.165) is 54.7 Å². The Labute approximate surface area is 224 Å². The smallest absolute Gasteiger partial charge is 0.344 e. The maximum Gasteiger partial charge on any atom is 0.344 e. The van der Waals surface area contributed by atoms with Crippen LogP contribution in [0.1, 0.15) is 78.2 Å². The predicted octanol–water partition coefficient (Wildman–Crippen LogP) is 6.15. The van der Waals surface area contributed by atoms with E-state index in [9.17, 15) is 9.59 Å². The Morgan fingerprint density at radius 3 is 2.69 bits per heavy atom. The first-order chi connectivity index (χ1) is 17.5. The molecule has 1 aromatic carbocycles. The van der Waals surface area contributed by atoms with Crippen LogP contribution in [0, 0.1) is 0 Å². The number of aliphatic imine (C=N–C) groups is 1. The van der Waals surface area contributed by atoms with Gasteiger partial charge >= 0.3 is 5.97 Å². The van der Waals surface area contributed by atoms with E-state index in [1.165, 1.54) is 29.7 Å². The van der Waals surface area contributed by atoms with Crippen molar-refractivity contribution in [3.05, 3.63) is 38.2 Å². The van der Waals surface area contributed by atoms with Gasteiger partial charge in [0.1, 0.15) is 5.00 Å². The van der Waals surface area contributed by atoms with E-state index in [2.05, 4.69) is 21.2 Å². The molecule has 0 atom stereocenters. The van der Waals surface area contributed by atoms with Gasteiger partial charge in [0.25, 0.3) is 5.91 Å². The second-order valence-corrected chi connectivity index (χ2v) is 11.0. The molecule has 0 spiro atoms. The van der Waals surface area contributed by atoms with Gasteiger partial charge in [-0.15, -0.1) is 11.3 Å². The van der Waals surface area contributed by atoms with E-state index in [1.54, 1.807) is 37.7 Å². The normalized spacial score (nSPS) is 16.0. The van der Waals surface area contributed by atoms with Crippen LogP contribution in [0.25, 0.3) is 0 Å². The lowest BCUT2D eigenvalue weighted by Gasteiger charge is -2.23. The molecule has 4 rings (SSSR count). The first kappa shape index (κ1) is 26.7. The first-order valence-corrected chi connectivity index (χ1v) is 14.3. The average Bonchev–Trinajstić information content (AvgIpc) is 3.26. The number of fused-ring (bicyclic) bond motifs is 1. The Balaban J connectivity index is 1.57. The van der Waals surface area contributed by atoms with Crippen LogP contribution >= 0.6 is 27.3 Å². The van der Waals surface area contributed by atoms with Gasteiger partial charge in [0.05, 0.1) is 23.8 Å². The van der Waals surface area contributed by atoms with Crippen molar-refractivity contribution in [1.82, 2.24) is 5.32 Å². The van der Waals surface area contributed by atoms with Crippen molar-refractivity contribution in [2.24, 2.45) is 4.99 Å². The van der Waals surface area contributed by atoms with E-state index in [1.807, 2.05) is 6.07 Å². The third kappa shape index (κ3) is 6.48. The highest BCUT2D eigenvalue weighted by Gasteiger charge is 2.27. The Bertz CT molecular complexity index is 1120. The molecule has 2 aliphatic rings. The molecule has 0 unspecified atom stereocenters. The monoisotopic (exact) mass is 576 g/mol. The molecule has 0 radical (unpaired) electrons. The molecule has 0 bridgehead atoms. The van der Waals surface area contributed by atoms with Gasteiger partial charge in [0.2, 0.25) is 0 Å². The summed E-state index contributed by atoms with van der Waals surface area (Å²) < 4.78 is 16.7. The minimum absolute atomic E-state index is 0.00919. The fraction of sp³-hybridized carbons (Fsp3) is 0.519. The summed E-state index contributed by atoms with van der Waals surface area (Å²) in [7, 11) is 1.54. The molecule has 36 heavy (non-hydrogen) atoms. The van der Waals surface area contributed by atoms with E-state index in [0.29, 0.717) is 22.6 Å². The summed E-state index contributed by atoms with van der Waals surface area (Å²) in [6, 6.07) is 3.90. The molecule has 1 heterocycles. The number of aryl methyl sites for hydroxylation is 1. The average molecular weight is 578 g/mol. The molecule has 9 heteroatoms. The van der Waals surface area contributed by atoms with Crippen LogP contribution < -0.4 is 14.8 Å². The van der Waals surface area contributed by atoms with Crippen molar-refractivity contribution in [2.45, 2.75) is 70.8 Å². The van der Waals surface area contributed by atoms with Crippen LogP contribution in [0.4, 0.5) is 5.00 Å². The number of ether oxygens (including phenoxy) is 3. The molecule has 2 aromatic rings. The predicted molar refractivity (Wildman–Crippen MR) is 145 cm³/mol. The van der Waals surface area contributed by atoms with Gasteiger partial charge in [-0.25, -0.2) is 9.79 Å². The molecule has 7 nitrogen and oxygen atoms in total. The second-order valence-electron chi connectivity index (χ2n) is 9.09. The van der Waals surface area contributed by atoms with Gasteiger partial charge < -0.3 is 19.5 Å². The van der Waals surface area contributed by atoms with E-state index < -0.39 is 5.97 Å². The van der Waals surface area contributed by atoms with Crippen molar-refractivity contribution in [3.8, 4) is 11.5 Å². The SMILES string of the molecule is CCOC(=O)COc1c(Br)cc(C=Nc2sc3c(c2C(=O)NC2CCCCC2)CCCC3)cc1OC. The zero-order valence-corrected chi connectivity index (χ0v) is 23.3. The number of rotatable bonds is 9. The summed E-state index contributed by atoms with van der Waals surface area (Å²) >= 11 is 5.14.